The summed E-state index contributed by atoms with van der Waals surface area (Å²) in [5.41, 5.74) is 0.669. The molecule has 3 nitrogen and oxygen atoms in total. The molecule has 0 aliphatic heterocycles. The molecule has 0 amide bonds. The molecular formula is C7H7Br2NO2. The standard InChI is InChI=1S/C7H7Br2NO2/c1-11-10-6(7(8)9)5-3-2-4-12-5/h2-4,7H,1H3/b10-6-. The van der Waals surface area contributed by atoms with Gasteiger partial charge in [-0.3, -0.25) is 0 Å². The molecule has 66 valence electrons. The van der Waals surface area contributed by atoms with Crippen LogP contribution in [0.2, 0.25) is 0 Å². The maximum atomic E-state index is 5.14. The van der Waals surface area contributed by atoms with E-state index in [-0.39, 0.29) is 3.74 Å². The topological polar surface area (TPSA) is 34.7 Å². The molecule has 0 bridgehead atoms. The minimum Gasteiger partial charge on any atom is -0.463 e. The lowest BCUT2D eigenvalue weighted by Crippen LogP contribution is -2.08. The van der Waals surface area contributed by atoms with Gasteiger partial charge in [-0.2, -0.15) is 0 Å². The molecule has 1 heterocycles. The molecule has 0 aromatic carbocycles. The number of oxime groups is 1. The van der Waals surface area contributed by atoms with Gasteiger partial charge >= 0.3 is 0 Å². The molecule has 0 atom stereocenters. The molecule has 12 heavy (non-hydrogen) atoms. The van der Waals surface area contributed by atoms with Crippen molar-refractivity contribution in [3.8, 4) is 0 Å². The van der Waals surface area contributed by atoms with Gasteiger partial charge in [-0.05, 0) is 12.1 Å². The molecule has 0 aliphatic rings. The molecular weight excluding hydrogens is 290 g/mol. The summed E-state index contributed by atoms with van der Waals surface area (Å²) in [5.74, 6) is 0.676. The van der Waals surface area contributed by atoms with Crippen LogP contribution in [0, 0.1) is 0 Å². The Morgan fingerprint density at radius 3 is 2.83 bits per heavy atom. The minimum atomic E-state index is -0.0731. The van der Waals surface area contributed by atoms with Crippen LogP contribution >= 0.6 is 31.9 Å². The number of hydrogen-bond donors (Lipinski definition) is 0. The summed E-state index contributed by atoms with van der Waals surface area (Å²) in [4.78, 5) is 4.66. The van der Waals surface area contributed by atoms with Crippen LogP contribution in [0.3, 0.4) is 0 Å². The van der Waals surface area contributed by atoms with Crippen molar-refractivity contribution in [1.82, 2.24) is 0 Å². The van der Waals surface area contributed by atoms with Crippen molar-refractivity contribution >= 4 is 37.6 Å². The zero-order valence-corrected chi connectivity index (χ0v) is 9.50. The number of furan rings is 1. The lowest BCUT2D eigenvalue weighted by molar-refractivity contribution is 0.213. The monoisotopic (exact) mass is 295 g/mol. The molecule has 5 heteroatoms. The first kappa shape index (κ1) is 9.80. The Morgan fingerprint density at radius 1 is 1.67 bits per heavy atom. The van der Waals surface area contributed by atoms with E-state index in [0.29, 0.717) is 11.5 Å². The molecule has 0 fully saturated rings. The fraction of sp³-hybridized carbons (Fsp3) is 0.286. The predicted octanol–water partition coefficient (Wildman–Crippen LogP) is 2.75. The van der Waals surface area contributed by atoms with Gasteiger partial charge in [0.1, 0.15) is 16.6 Å². The molecule has 0 saturated carbocycles. The summed E-state index contributed by atoms with van der Waals surface area (Å²) in [5, 5.41) is 3.80. The molecule has 0 aliphatic carbocycles. The fourth-order valence-corrected chi connectivity index (χ4v) is 1.33. The van der Waals surface area contributed by atoms with Crippen molar-refractivity contribution in [2.24, 2.45) is 5.16 Å². The molecule has 0 unspecified atom stereocenters. The van der Waals surface area contributed by atoms with E-state index in [1.807, 2.05) is 6.07 Å². The van der Waals surface area contributed by atoms with Crippen molar-refractivity contribution in [2.45, 2.75) is 3.74 Å². The second-order valence-electron chi connectivity index (χ2n) is 1.94. The first-order valence-electron chi connectivity index (χ1n) is 3.18. The number of rotatable bonds is 3. The molecule has 0 radical (unpaired) electrons. The second-order valence-corrected chi connectivity index (χ2v) is 5.00. The zero-order valence-electron chi connectivity index (χ0n) is 6.33. The summed E-state index contributed by atoms with van der Waals surface area (Å²) in [6.45, 7) is 0. The van der Waals surface area contributed by atoms with Crippen LogP contribution in [-0.4, -0.2) is 16.6 Å². The third kappa shape index (κ3) is 2.35. The highest BCUT2D eigenvalue weighted by Gasteiger charge is 2.14. The van der Waals surface area contributed by atoms with Crippen molar-refractivity contribution in [2.75, 3.05) is 7.11 Å². The van der Waals surface area contributed by atoms with E-state index in [4.69, 9.17) is 4.42 Å². The minimum absolute atomic E-state index is 0.0731. The van der Waals surface area contributed by atoms with Crippen LogP contribution in [0.1, 0.15) is 5.76 Å². The number of nitrogens with zero attached hydrogens (tertiary/aromatic N) is 1. The van der Waals surface area contributed by atoms with E-state index in [2.05, 4.69) is 41.9 Å². The fourth-order valence-electron chi connectivity index (χ4n) is 0.715. The Kier molecular flexibility index (Phi) is 3.81. The summed E-state index contributed by atoms with van der Waals surface area (Å²) >= 11 is 6.62. The van der Waals surface area contributed by atoms with Gasteiger partial charge in [-0.25, -0.2) is 0 Å². The predicted molar refractivity (Wildman–Crippen MR) is 53.9 cm³/mol. The van der Waals surface area contributed by atoms with Crippen molar-refractivity contribution < 1.29 is 9.25 Å². The quantitative estimate of drug-likeness (QED) is 0.488. The van der Waals surface area contributed by atoms with Crippen molar-refractivity contribution in [3.63, 3.8) is 0 Å². The SMILES string of the molecule is CO/N=C(/c1ccco1)C(Br)Br. The average Bonchev–Trinajstić information content (AvgIpc) is 2.51. The first-order valence-corrected chi connectivity index (χ1v) is 5.02. The van der Waals surface area contributed by atoms with Crippen LogP contribution in [0.5, 0.6) is 0 Å². The molecule has 0 spiro atoms. The van der Waals surface area contributed by atoms with Crippen molar-refractivity contribution in [3.05, 3.63) is 24.2 Å². The Hall–Kier alpha value is -0.290. The Balaban J connectivity index is 2.88. The van der Waals surface area contributed by atoms with Gasteiger partial charge in [-0.1, -0.05) is 37.0 Å². The maximum absolute atomic E-state index is 5.14. The van der Waals surface area contributed by atoms with Crippen LogP contribution < -0.4 is 0 Å². The van der Waals surface area contributed by atoms with Gasteiger partial charge in [-0.15, -0.1) is 0 Å². The molecule has 1 rings (SSSR count). The Bertz CT molecular complexity index is 256. The van der Waals surface area contributed by atoms with E-state index in [0.717, 1.165) is 0 Å². The van der Waals surface area contributed by atoms with Gasteiger partial charge in [0.15, 0.2) is 5.76 Å². The summed E-state index contributed by atoms with van der Waals surface area (Å²) in [6.07, 6.45) is 1.59. The molecule has 0 saturated heterocycles. The molecule has 1 aromatic rings. The van der Waals surface area contributed by atoms with Gasteiger partial charge in [0.2, 0.25) is 0 Å². The van der Waals surface area contributed by atoms with Crippen LogP contribution in [0.15, 0.2) is 28.0 Å². The largest absolute Gasteiger partial charge is 0.463 e. The van der Waals surface area contributed by atoms with E-state index < -0.39 is 0 Å². The molecule has 1 aromatic heterocycles. The number of hydrogen-bond acceptors (Lipinski definition) is 3. The van der Waals surface area contributed by atoms with Gasteiger partial charge in [0, 0.05) is 0 Å². The third-order valence-electron chi connectivity index (χ3n) is 1.17. The zero-order chi connectivity index (χ0) is 8.97. The lowest BCUT2D eigenvalue weighted by Gasteiger charge is -2.01. The van der Waals surface area contributed by atoms with E-state index in [1.165, 1.54) is 7.11 Å². The van der Waals surface area contributed by atoms with Gasteiger partial charge in [0.25, 0.3) is 0 Å². The van der Waals surface area contributed by atoms with E-state index in [9.17, 15) is 0 Å². The lowest BCUT2D eigenvalue weighted by atomic mass is 10.3. The van der Waals surface area contributed by atoms with Crippen molar-refractivity contribution in [1.29, 1.82) is 0 Å². The van der Waals surface area contributed by atoms with Crippen LogP contribution in [-0.2, 0) is 4.84 Å². The van der Waals surface area contributed by atoms with Gasteiger partial charge in [0.05, 0.1) is 6.26 Å². The summed E-state index contributed by atoms with van der Waals surface area (Å²) in [7, 11) is 1.49. The van der Waals surface area contributed by atoms with Gasteiger partial charge < -0.3 is 9.25 Å². The van der Waals surface area contributed by atoms with Crippen LogP contribution in [0.4, 0.5) is 0 Å². The first-order chi connectivity index (χ1) is 5.75. The summed E-state index contributed by atoms with van der Waals surface area (Å²) in [6, 6.07) is 3.61. The Labute approximate surface area is 87.0 Å². The average molecular weight is 297 g/mol. The highest BCUT2D eigenvalue weighted by atomic mass is 79.9. The number of alkyl halides is 2. The molecule has 0 N–H and O–H groups in total. The Morgan fingerprint density at radius 2 is 2.42 bits per heavy atom. The highest BCUT2D eigenvalue weighted by molar-refractivity contribution is 9.25. The summed E-state index contributed by atoms with van der Waals surface area (Å²) < 4.78 is 5.07. The third-order valence-corrected chi connectivity index (χ3v) is 2.04. The normalized spacial score (nSPS) is 12.2. The van der Waals surface area contributed by atoms with E-state index in [1.54, 1.807) is 12.3 Å². The second kappa shape index (κ2) is 4.67. The number of halogens is 2. The maximum Gasteiger partial charge on any atom is 0.153 e. The highest BCUT2D eigenvalue weighted by Crippen LogP contribution is 2.17. The van der Waals surface area contributed by atoms with Crippen LogP contribution in [0.25, 0.3) is 0 Å². The smallest absolute Gasteiger partial charge is 0.153 e. The van der Waals surface area contributed by atoms with E-state index >= 15 is 0 Å².